The van der Waals surface area contributed by atoms with Gasteiger partial charge in [-0.1, -0.05) is 44.2 Å². The molecule has 1 amide bonds. The van der Waals surface area contributed by atoms with E-state index >= 15 is 0 Å². The molecule has 0 bridgehead atoms. The molecule has 0 aliphatic heterocycles. The number of nitrogens with one attached hydrogen (secondary N) is 1. The number of ether oxygens (including phenoxy) is 4. The summed E-state index contributed by atoms with van der Waals surface area (Å²) in [5, 5.41) is 12.7. The fraction of sp³-hybridized carbons (Fsp3) is 0.600. The van der Waals surface area contributed by atoms with Gasteiger partial charge in [0.15, 0.2) is 0 Å². The van der Waals surface area contributed by atoms with Crippen LogP contribution >= 0.6 is 0 Å². The predicted octanol–water partition coefficient (Wildman–Crippen LogP) is 4.88. The molecule has 0 aliphatic carbocycles. The first-order valence-electron chi connectivity index (χ1n) is 11.1. The monoisotopic (exact) mass is 476 g/mol. The van der Waals surface area contributed by atoms with E-state index in [1.165, 1.54) is 0 Å². The van der Waals surface area contributed by atoms with Crippen molar-refractivity contribution in [2.24, 2.45) is 5.92 Å². The molecule has 0 radical (unpaired) electrons. The van der Waals surface area contributed by atoms with E-state index in [-0.39, 0.29) is 18.9 Å². The lowest BCUT2D eigenvalue weighted by Gasteiger charge is -2.35. The van der Waals surface area contributed by atoms with Crippen LogP contribution in [0.2, 0.25) is 0 Å². The molecule has 1 rings (SSSR count). The Morgan fingerprint density at radius 1 is 0.941 bits per heavy atom. The van der Waals surface area contributed by atoms with Gasteiger partial charge in [-0.25, -0.2) is 14.4 Å². The van der Waals surface area contributed by atoms with Crippen LogP contribution < -0.4 is 5.32 Å². The molecule has 2 atom stereocenters. The van der Waals surface area contributed by atoms with Gasteiger partial charge in [-0.05, 0) is 59.4 Å². The van der Waals surface area contributed by atoms with E-state index in [4.69, 9.17) is 18.9 Å². The molecule has 0 fully saturated rings. The molecule has 9 heteroatoms. The Labute approximate surface area is 201 Å². The maximum Gasteiger partial charge on any atom is 0.510 e. The highest BCUT2D eigenvalue weighted by molar-refractivity contribution is 5.88. The van der Waals surface area contributed by atoms with Crippen LogP contribution in [0.1, 0.15) is 67.4 Å². The molecule has 9 nitrogen and oxygen atoms in total. The third kappa shape index (κ3) is 9.69. The molecule has 0 heterocycles. The van der Waals surface area contributed by atoms with E-state index in [1.807, 2.05) is 19.9 Å². The van der Waals surface area contributed by atoms with Crippen molar-refractivity contribution < 1.29 is 33.3 Å². The average molecular weight is 477 g/mol. The SMILES string of the molecule is CC(C)C[C@@H](NC(=O)OC(C)(C)C)[C@@](C#N)(OC(=O)OCc1ccccc1)C(=O)OC(C)(C)C. The fourth-order valence-electron chi connectivity index (χ4n) is 2.88. The van der Waals surface area contributed by atoms with Crippen LogP contribution in [0.5, 0.6) is 0 Å². The first-order valence-corrected chi connectivity index (χ1v) is 11.1. The number of carbonyl (C=O) groups is 3. The topological polar surface area (TPSA) is 124 Å². The summed E-state index contributed by atoms with van der Waals surface area (Å²) in [6.45, 7) is 13.4. The molecule has 0 spiro atoms. The largest absolute Gasteiger partial charge is 0.510 e. The van der Waals surface area contributed by atoms with Crippen molar-refractivity contribution in [1.29, 1.82) is 5.26 Å². The summed E-state index contributed by atoms with van der Waals surface area (Å²) in [6, 6.07) is 9.33. The molecule has 0 saturated carbocycles. The first kappa shape index (κ1) is 28.8. The van der Waals surface area contributed by atoms with E-state index in [1.54, 1.807) is 71.9 Å². The maximum absolute atomic E-state index is 13.2. The summed E-state index contributed by atoms with van der Waals surface area (Å²) in [6.07, 6.45) is -2.02. The quantitative estimate of drug-likeness (QED) is 0.416. The molecule has 1 aromatic rings. The van der Waals surface area contributed by atoms with Crippen molar-refractivity contribution in [1.82, 2.24) is 5.32 Å². The molecule has 1 N–H and O–H groups in total. The minimum atomic E-state index is -2.51. The highest BCUT2D eigenvalue weighted by Crippen LogP contribution is 2.27. The second-order valence-electron chi connectivity index (χ2n) is 10.3. The van der Waals surface area contributed by atoms with Gasteiger partial charge in [0.25, 0.3) is 0 Å². The number of carbonyl (C=O) groups excluding carboxylic acids is 3. The van der Waals surface area contributed by atoms with Crippen LogP contribution in [0.4, 0.5) is 9.59 Å². The fourth-order valence-corrected chi connectivity index (χ4v) is 2.88. The van der Waals surface area contributed by atoms with Crippen LogP contribution in [-0.2, 0) is 30.3 Å². The summed E-state index contributed by atoms with van der Waals surface area (Å²) in [4.78, 5) is 38.4. The van der Waals surface area contributed by atoms with E-state index < -0.39 is 41.1 Å². The molecule has 1 aromatic carbocycles. The van der Waals surface area contributed by atoms with Crippen LogP contribution in [0, 0.1) is 17.2 Å². The van der Waals surface area contributed by atoms with Crippen molar-refractivity contribution in [3.05, 3.63) is 35.9 Å². The van der Waals surface area contributed by atoms with Crippen LogP contribution in [0.3, 0.4) is 0 Å². The van der Waals surface area contributed by atoms with Gasteiger partial charge >= 0.3 is 23.8 Å². The Morgan fingerprint density at radius 2 is 1.50 bits per heavy atom. The summed E-state index contributed by atoms with van der Waals surface area (Å²) < 4.78 is 21.2. The van der Waals surface area contributed by atoms with Gasteiger partial charge < -0.3 is 24.3 Å². The van der Waals surface area contributed by atoms with E-state index in [0.29, 0.717) is 5.56 Å². The summed E-state index contributed by atoms with van der Waals surface area (Å²) in [5.41, 5.74) is -3.65. The lowest BCUT2D eigenvalue weighted by Crippen LogP contribution is -2.61. The van der Waals surface area contributed by atoms with Gasteiger partial charge in [-0.2, -0.15) is 5.26 Å². The first-order chi connectivity index (χ1) is 15.6. The van der Waals surface area contributed by atoms with Gasteiger partial charge in [0.2, 0.25) is 0 Å². The van der Waals surface area contributed by atoms with Crippen LogP contribution in [0.15, 0.2) is 30.3 Å². The van der Waals surface area contributed by atoms with Gasteiger partial charge in [0.05, 0.1) is 6.04 Å². The number of esters is 1. The summed E-state index contributed by atoms with van der Waals surface area (Å²) in [7, 11) is 0. The Morgan fingerprint density at radius 3 is 1.97 bits per heavy atom. The van der Waals surface area contributed by atoms with E-state index in [2.05, 4.69) is 5.32 Å². The van der Waals surface area contributed by atoms with Gasteiger partial charge in [-0.3, -0.25) is 0 Å². The Hall–Kier alpha value is -3.28. The number of hydrogen-bond donors (Lipinski definition) is 1. The summed E-state index contributed by atoms with van der Waals surface area (Å²) >= 11 is 0. The van der Waals surface area contributed by atoms with Crippen molar-refractivity contribution in [3.8, 4) is 6.07 Å². The molecule has 0 aromatic heterocycles. The van der Waals surface area contributed by atoms with E-state index in [9.17, 15) is 19.6 Å². The molecule has 0 aliphatic rings. The molecule has 0 saturated heterocycles. The Balaban J connectivity index is 3.31. The third-order valence-corrected chi connectivity index (χ3v) is 4.20. The van der Waals surface area contributed by atoms with Gasteiger partial charge in [0, 0.05) is 0 Å². The van der Waals surface area contributed by atoms with Crippen molar-refractivity contribution in [2.45, 2.75) is 91.3 Å². The normalized spacial score (nSPS) is 14.2. The zero-order valence-corrected chi connectivity index (χ0v) is 21.3. The minimum absolute atomic E-state index is 0.0981. The third-order valence-electron chi connectivity index (χ3n) is 4.20. The average Bonchev–Trinajstić information content (AvgIpc) is 2.67. The van der Waals surface area contributed by atoms with Crippen molar-refractivity contribution in [2.75, 3.05) is 0 Å². The van der Waals surface area contributed by atoms with Crippen LogP contribution in [-0.4, -0.2) is 41.1 Å². The lowest BCUT2D eigenvalue weighted by molar-refractivity contribution is -0.176. The second kappa shape index (κ2) is 11.7. The maximum atomic E-state index is 13.2. The highest BCUT2D eigenvalue weighted by atomic mass is 16.7. The molecular formula is C25H36N2O7. The summed E-state index contributed by atoms with van der Waals surface area (Å²) in [5.74, 6) is -1.22. The number of benzene rings is 1. The van der Waals surface area contributed by atoms with Crippen molar-refractivity contribution >= 4 is 18.2 Å². The Bertz CT molecular complexity index is 879. The lowest BCUT2D eigenvalue weighted by atomic mass is 9.88. The number of hydrogen-bond acceptors (Lipinski definition) is 8. The molecular weight excluding hydrogens is 440 g/mol. The smallest absolute Gasteiger partial charge is 0.456 e. The van der Waals surface area contributed by atoms with Gasteiger partial charge in [-0.15, -0.1) is 0 Å². The second-order valence-corrected chi connectivity index (χ2v) is 10.3. The number of alkyl carbamates (subject to hydrolysis) is 1. The Kier molecular flexibility index (Phi) is 9.92. The van der Waals surface area contributed by atoms with E-state index in [0.717, 1.165) is 0 Å². The molecule has 188 valence electrons. The molecule has 0 unspecified atom stereocenters. The number of nitriles is 1. The molecule has 34 heavy (non-hydrogen) atoms. The zero-order valence-electron chi connectivity index (χ0n) is 21.3. The predicted molar refractivity (Wildman–Crippen MR) is 125 cm³/mol. The highest BCUT2D eigenvalue weighted by Gasteiger charge is 2.54. The number of rotatable bonds is 8. The van der Waals surface area contributed by atoms with Crippen molar-refractivity contribution in [3.63, 3.8) is 0 Å². The standard InChI is InChI=1S/C25H36N2O7/c1-17(2)14-19(27-21(29)33-24(6,7)8)25(16-26,20(28)32-23(3,4)5)34-22(30)31-15-18-12-10-9-11-13-18/h9-13,17,19H,14-15H2,1-8H3,(H,27,29)/t19-,25-/m1/s1. The number of amides is 1. The van der Waals surface area contributed by atoms with Gasteiger partial charge in [0.1, 0.15) is 23.9 Å². The minimum Gasteiger partial charge on any atom is -0.456 e. The zero-order chi connectivity index (χ0) is 26.2. The number of nitrogens with zero attached hydrogens (tertiary/aromatic N) is 1. The van der Waals surface area contributed by atoms with Crippen LogP contribution in [0.25, 0.3) is 0 Å².